The van der Waals surface area contributed by atoms with Crippen LogP contribution in [0.1, 0.15) is 23.6 Å². The summed E-state index contributed by atoms with van der Waals surface area (Å²) in [5, 5.41) is 11.0. The van der Waals surface area contributed by atoms with E-state index < -0.39 is 0 Å². The minimum absolute atomic E-state index is 0. The molecular formula is C21H27IN6O. The van der Waals surface area contributed by atoms with Crippen LogP contribution in [0.5, 0.6) is 5.88 Å². The van der Waals surface area contributed by atoms with E-state index in [0.717, 1.165) is 18.1 Å². The summed E-state index contributed by atoms with van der Waals surface area (Å²) in [6.07, 6.45) is 5.52. The fourth-order valence-corrected chi connectivity index (χ4v) is 2.83. The van der Waals surface area contributed by atoms with E-state index in [4.69, 9.17) is 4.74 Å². The molecule has 0 saturated heterocycles. The number of ether oxygens (including phenoxy) is 1. The molecule has 3 rings (SSSR count). The van der Waals surface area contributed by atoms with Gasteiger partial charge >= 0.3 is 0 Å². The Morgan fingerprint density at radius 1 is 1.07 bits per heavy atom. The van der Waals surface area contributed by atoms with Crippen molar-refractivity contribution in [2.45, 2.75) is 26.6 Å². The van der Waals surface area contributed by atoms with Crippen molar-refractivity contribution in [2.75, 3.05) is 13.7 Å². The molecule has 29 heavy (non-hydrogen) atoms. The molecular weight excluding hydrogens is 479 g/mol. The molecule has 3 aromatic rings. The van der Waals surface area contributed by atoms with Crippen LogP contribution in [0.3, 0.4) is 0 Å². The highest BCUT2D eigenvalue weighted by Crippen LogP contribution is 2.11. The lowest BCUT2D eigenvalue weighted by molar-refractivity contribution is 0.326. The zero-order valence-corrected chi connectivity index (χ0v) is 19.0. The maximum Gasteiger partial charge on any atom is 0.213 e. The second-order valence-corrected chi connectivity index (χ2v) is 6.19. The van der Waals surface area contributed by atoms with E-state index in [2.05, 4.69) is 43.9 Å². The molecule has 0 radical (unpaired) electrons. The molecule has 0 aliphatic carbocycles. The van der Waals surface area contributed by atoms with E-state index in [1.54, 1.807) is 19.4 Å². The Morgan fingerprint density at radius 2 is 1.86 bits per heavy atom. The van der Waals surface area contributed by atoms with Crippen LogP contribution < -0.4 is 15.4 Å². The summed E-state index contributed by atoms with van der Waals surface area (Å²) in [7, 11) is 1.77. The molecule has 0 fully saturated rings. The Hall–Kier alpha value is -2.62. The topological polar surface area (TPSA) is 76.4 Å². The van der Waals surface area contributed by atoms with Gasteiger partial charge in [0.15, 0.2) is 5.96 Å². The Kier molecular flexibility index (Phi) is 9.42. The van der Waals surface area contributed by atoms with Gasteiger partial charge in [-0.1, -0.05) is 24.3 Å². The zero-order chi connectivity index (χ0) is 19.6. The minimum Gasteiger partial charge on any atom is -0.478 e. The summed E-state index contributed by atoms with van der Waals surface area (Å²) in [5.41, 5.74) is 3.52. The lowest BCUT2D eigenvalue weighted by atomic mass is 10.1. The van der Waals surface area contributed by atoms with Crippen molar-refractivity contribution in [3.8, 4) is 5.88 Å². The third kappa shape index (κ3) is 7.04. The number of aliphatic imine (C=N–C) groups is 1. The number of nitrogens with zero attached hydrogens (tertiary/aromatic N) is 4. The van der Waals surface area contributed by atoms with Gasteiger partial charge in [-0.15, -0.1) is 24.0 Å². The molecule has 0 spiro atoms. The first-order valence-electron chi connectivity index (χ1n) is 9.35. The lowest BCUT2D eigenvalue weighted by Gasteiger charge is -2.15. The van der Waals surface area contributed by atoms with Gasteiger partial charge in [-0.2, -0.15) is 5.10 Å². The van der Waals surface area contributed by atoms with Crippen molar-refractivity contribution in [1.82, 2.24) is 25.4 Å². The number of halogens is 1. The van der Waals surface area contributed by atoms with E-state index in [0.29, 0.717) is 25.6 Å². The molecule has 0 saturated carbocycles. The van der Waals surface area contributed by atoms with Crippen molar-refractivity contribution in [3.63, 3.8) is 0 Å². The van der Waals surface area contributed by atoms with Crippen LogP contribution in [0.25, 0.3) is 0 Å². The van der Waals surface area contributed by atoms with E-state index in [1.807, 2.05) is 42.1 Å². The summed E-state index contributed by atoms with van der Waals surface area (Å²) < 4.78 is 7.37. The van der Waals surface area contributed by atoms with Gasteiger partial charge < -0.3 is 15.4 Å². The van der Waals surface area contributed by atoms with Gasteiger partial charge in [0.05, 0.1) is 13.2 Å². The van der Waals surface area contributed by atoms with Crippen LogP contribution in [-0.4, -0.2) is 34.4 Å². The van der Waals surface area contributed by atoms with E-state index in [-0.39, 0.29) is 24.0 Å². The summed E-state index contributed by atoms with van der Waals surface area (Å²) in [6.45, 7) is 4.61. The van der Waals surface area contributed by atoms with E-state index >= 15 is 0 Å². The second kappa shape index (κ2) is 12.1. The molecule has 0 bridgehead atoms. The van der Waals surface area contributed by atoms with Crippen molar-refractivity contribution in [3.05, 3.63) is 77.7 Å². The third-order valence-electron chi connectivity index (χ3n) is 4.23. The first-order chi connectivity index (χ1) is 13.8. The van der Waals surface area contributed by atoms with Gasteiger partial charge in [0.2, 0.25) is 5.88 Å². The highest BCUT2D eigenvalue weighted by Gasteiger charge is 2.05. The standard InChI is InChI=1S/C21H26N6O.HI/c1-3-28-20-13-17(9-11-23-20)14-24-21(22-2)25-15-18-7-4-5-8-19(18)16-27-12-6-10-26-27;/h4-13H,3,14-16H2,1-2H3,(H2,22,24,25);1H. The maximum atomic E-state index is 5.45. The Balaban J connectivity index is 0.00000300. The number of benzene rings is 1. The Morgan fingerprint density at radius 3 is 2.59 bits per heavy atom. The number of hydrogen-bond acceptors (Lipinski definition) is 4. The van der Waals surface area contributed by atoms with E-state index in [9.17, 15) is 0 Å². The van der Waals surface area contributed by atoms with Crippen LogP contribution in [-0.2, 0) is 19.6 Å². The van der Waals surface area contributed by atoms with Gasteiger partial charge in [-0.05, 0) is 35.7 Å². The van der Waals surface area contributed by atoms with Crippen LogP contribution in [0.2, 0.25) is 0 Å². The molecule has 2 aromatic heterocycles. The fraction of sp³-hybridized carbons (Fsp3) is 0.286. The van der Waals surface area contributed by atoms with Gasteiger partial charge in [0.1, 0.15) is 0 Å². The van der Waals surface area contributed by atoms with Gasteiger partial charge in [-0.3, -0.25) is 9.67 Å². The molecule has 2 heterocycles. The lowest BCUT2D eigenvalue weighted by Crippen LogP contribution is -2.36. The predicted octanol–water partition coefficient (Wildman–Crippen LogP) is 3.21. The average molecular weight is 506 g/mol. The second-order valence-electron chi connectivity index (χ2n) is 6.19. The summed E-state index contributed by atoms with van der Waals surface area (Å²) in [6, 6.07) is 14.2. The molecule has 1 aromatic carbocycles. The summed E-state index contributed by atoms with van der Waals surface area (Å²) in [4.78, 5) is 8.50. The monoisotopic (exact) mass is 506 g/mol. The van der Waals surface area contributed by atoms with Crippen LogP contribution in [0.4, 0.5) is 0 Å². The average Bonchev–Trinajstić information content (AvgIpc) is 3.23. The first-order valence-corrected chi connectivity index (χ1v) is 9.35. The normalized spacial score (nSPS) is 10.9. The molecule has 8 heteroatoms. The molecule has 0 aliphatic rings. The first kappa shape index (κ1) is 22.7. The number of hydrogen-bond donors (Lipinski definition) is 2. The molecule has 2 N–H and O–H groups in total. The quantitative estimate of drug-likeness (QED) is 0.279. The zero-order valence-electron chi connectivity index (χ0n) is 16.7. The van der Waals surface area contributed by atoms with Gasteiger partial charge in [-0.25, -0.2) is 4.98 Å². The van der Waals surface area contributed by atoms with Gasteiger partial charge in [0.25, 0.3) is 0 Å². The van der Waals surface area contributed by atoms with Crippen LogP contribution >= 0.6 is 24.0 Å². The van der Waals surface area contributed by atoms with E-state index in [1.165, 1.54) is 11.1 Å². The Bertz CT molecular complexity index is 898. The largest absolute Gasteiger partial charge is 0.478 e. The van der Waals surface area contributed by atoms with Crippen LogP contribution in [0, 0.1) is 0 Å². The molecule has 0 unspecified atom stereocenters. The van der Waals surface area contributed by atoms with Crippen molar-refractivity contribution >= 4 is 29.9 Å². The highest BCUT2D eigenvalue weighted by molar-refractivity contribution is 14.0. The SMILES string of the molecule is CCOc1cc(CNC(=NC)NCc2ccccc2Cn2cccn2)ccn1.I. The summed E-state index contributed by atoms with van der Waals surface area (Å²) >= 11 is 0. The molecule has 0 amide bonds. The van der Waals surface area contributed by atoms with Gasteiger partial charge in [0, 0.05) is 44.8 Å². The number of pyridine rings is 1. The minimum atomic E-state index is 0. The number of guanidine groups is 1. The molecule has 154 valence electrons. The predicted molar refractivity (Wildman–Crippen MR) is 126 cm³/mol. The fourth-order valence-electron chi connectivity index (χ4n) is 2.83. The third-order valence-corrected chi connectivity index (χ3v) is 4.23. The number of rotatable bonds is 8. The van der Waals surface area contributed by atoms with Crippen molar-refractivity contribution in [2.24, 2.45) is 4.99 Å². The summed E-state index contributed by atoms with van der Waals surface area (Å²) in [5.74, 6) is 1.38. The number of aromatic nitrogens is 3. The maximum absolute atomic E-state index is 5.45. The van der Waals surface area contributed by atoms with Crippen LogP contribution in [0.15, 0.2) is 66.0 Å². The highest BCUT2D eigenvalue weighted by atomic mass is 127. The van der Waals surface area contributed by atoms with Crippen molar-refractivity contribution in [1.29, 1.82) is 0 Å². The van der Waals surface area contributed by atoms with Crippen molar-refractivity contribution < 1.29 is 4.74 Å². The molecule has 7 nitrogen and oxygen atoms in total. The number of nitrogens with one attached hydrogen (secondary N) is 2. The Labute approximate surface area is 188 Å². The molecule has 0 atom stereocenters. The smallest absolute Gasteiger partial charge is 0.213 e. The molecule has 0 aliphatic heterocycles.